The fourth-order valence-electron chi connectivity index (χ4n) is 1.56. The Hall–Kier alpha value is -1.91. The van der Waals surface area contributed by atoms with Gasteiger partial charge in [-0.15, -0.1) is 0 Å². The van der Waals surface area contributed by atoms with Crippen LogP contribution >= 0.6 is 0 Å². The van der Waals surface area contributed by atoms with Crippen LogP contribution in [0.4, 0.5) is 4.39 Å². The highest BCUT2D eigenvalue weighted by Crippen LogP contribution is 2.20. The summed E-state index contributed by atoms with van der Waals surface area (Å²) in [4.78, 5) is 23.0. The number of hydrogen-bond acceptors (Lipinski definition) is 2. The van der Waals surface area contributed by atoms with E-state index in [1.54, 1.807) is 20.8 Å². The SMILES string of the molecule is CCC(C)(CNC(=O)c1cc(F)ccc1C)C(=O)O. The molecule has 19 heavy (non-hydrogen) atoms. The molecule has 0 aliphatic carbocycles. The summed E-state index contributed by atoms with van der Waals surface area (Å²) in [5.74, 6) is -1.92. The van der Waals surface area contributed by atoms with E-state index in [-0.39, 0.29) is 12.1 Å². The quantitative estimate of drug-likeness (QED) is 0.860. The number of nitrogens with one attached hydrogen (secondary N) is 1. The fourth-order valence-corrected chi connectivity index (χ4v) is 1.56. The molecule has 0 radical (unpaired) electrons. The molecule has 0 heterocycles. The van der Waals surface area contributed by atoms with Crippen molar-refractivity contribution in [3.63, 3.8) is 0 Å². The van der Waals surface area contributed by atoms with Crippen molar-refractivity contribution in [3.8, 4) is 0 Å². The maximum absolute atomic E-state index is 13.1. The fraction of sp³-hybridized carbons (Fsp3) is 0.429. The van der Waals surface area contributed by atoms with Gasteiger partial charge in [-0.2, -0.15) is 0 Å². The first-order valence-corrected chi connectivity index (χ1v) is 6.08. The molecule has 0 saturated carbocycles. The largest absolute Gasteiger partial charge is 0.481 e. The summed E-state index contributed by atoms with van der Waals surface area (Å²) in [6.07, 6.45) is 0.394. The van der Waals surface area contributed by atoms with Gasteiger partial charge in [0.25, 0.3) is 5.91 Å². The van der Waals surface area contributed by atoms with Gasteiger partial charge < -0.3 is 10.4 Å². The molecule has 5 heteroatoms. The summed E-state index contributed by atoms with van der Waals surface area (Å²) in [6, 6.07) is 3.94. The summed E-state index contributed by atoms with van der Waals surface area (Å²) < 4.78 is 13.1. The molecule has 0 bridgehead atoms. The molecule has 1 rings (SSSR count). The number of halogens is 1. The summed E-state index contributed by atoms with van der Waals surface area (Å²) in [6.45, 7) is 5.01. The zero-order chi connectivity index (χ0) is 14.6. The number of aryl methyl sites for hydroxylation is 1. The topological polar surface area (TPSA) is 66.4 Å². The number of amides is 1. The molecular weight excluding hydrogens is 249 g/mol. The highest BCUT2D eigenvalue weighted by molar-refractivity contribution is 5.95. The van der Waals surface area contributed by atoms with Crippen molar-refractivity contribution in [1.29, 1.82) is 0 Å². The summed E-state index contributed by atoms with van der Waals surface area (Å²) >= 11 is 0. The zero-order valence-electron chi connectivity index (χ0n) is 11.3. The van der Waals surface area contributed by atoms with Crippen LogP contribution in [-0.4, -0.2) is 23.5 Å². The number of hydrogen-bond donors (Lipinski definition) is 2. The summed E-state index contributed by atoms with van der Waals surface area (Å²) in [7, 11) is 0. The Balaban J connectivity index is 2.81. The molecular formula is C14H18FNO3. The van der Waals surface area contributed by atoms with E-state index in [1.807, 2.05) is 0 Å². The Labute approximate surface area is 111 Å². The van der Waals surface area contributed by atoms with Crippen molar-refractivity contribution in [2.24, 2.45) is 5.41 Å². The van der Waals surface area contributed by atoms with E-state index in [0.29, 0.717) is 12.0 Å². The van der Waals surface area contributed by atoms with Gasteiger partial charge in [-0.05, 0) is 38.0 Å². The lowest BCUT2D eigenvalue weighted by Gasteiger charge is -2.23. The van der Waals surface area contributed by atoms with Crippen molar-refractivity contribution in [1.82, 2.24) is 5.32 Å². The van der Waals surface area contributed by atoms with E-state index in [2.05, 4.69) is 5.32 Å². The van der Waals surface area contributed by atoms with Crippen LogP contribution in [0.5, 0.6) is 0 Å². The van der Waals surface area contributed by atoms with Crippen LogP contribution in [-0.2, 0) is 4.79 Å². The number of carboxylic acids is 1. The number of aliphatic carboxylic acids is 1. The average molecular weight is 267 g/mol. The smallest absolute Gasteiger partial charge is 0.311 e. The van der Waals surface area contributed by atoms with E-state index in [4.69, 9.17) is 5.11 Å². The molecule has 0 saturated heterocycles. The summed E-state index contributed by atoms with van der Waals surface area (Å²) in [5, 5.41) is 11.7. The third kappa shape index (κ3) is 3.53. The van der Waals surface area contributed by atoms with Crippen LogP contribution in [0, 0.1) is 18.2 Å². The van der Waals surface area contributed by atoms with E-state index < -0.39 is 23.1 Å². The average Bonchev–Trinajstić information content (AvgIpc) is 2.38. The molecule has 1 amide bonds. The van der Waals surface area contributed by atoms with E-state index in [9.17, 15) is 14.0 Å². The van der Waals surface area contributed by atoms with Gasteiger partial charge in [0, 0.05) is 12.1 Å². The third-order valence-electron chi connectivity index (χ3n) is 3.38. The molecule has 1 atom stereocenters. The van der Waals surface area contributed by atoms with Crippen molar-refractivity contribution >= 4 is 11.9 Å². The lowest BCUT2D eigenvalue weighted by Crippen LogP contribution is -2.40. The molecule has 0 aliphatic heterocycles. The zero-order valence-corrected chi connectivity index (χ0v) is 11.3. The molecule has 1 aromatic rings. The Morgan fingerprint density at radius 3 is 2.58 bits per heavy atom. The molecule has 0 spiro atoms. The monoisotopic (exact) mass is 267 g/mol. The predicted molar refractivity (Wildman–Crippen MR) is 69.5 cm³/mol. The van der Waals surface area contributed by atoms with Crippen molar-refractivity contribution in [3.05, 3.63) is 35.1 Å². The van der Waals surface area contributed by atoms with Gasteiger partial charge in [0.05, 0.1) is 5.41 Å². The Bertz CT molecular complexity index is 501. The van der Waals surface area contributed by atoms with Gasteiger partial charge in [-0.25, -0.2) is 4.39 Å². The van der Waals surface area contributed by atoms with Gasteiger partial charge >= 0.3 is 5.97 Å². The van der Waals surface area contributed by atoms with Gasteiger partial charge in [-0.1, -0.05) is 13.0 Å². The van der Waals surface area contributed by atoms with Gasteiger partial charge in [-0.3, -0.25) is 9.59 Å². The Morgan fingerprint density at radius 2 is 2.05 bits per heavy atom. The number of rotatable bonds is 5. The Morgan fingerprint density at radius 1 is 1.42 bits per heavy atom. The first kappa shape index (κ1) is 15.1. The molecule has 4 nitrogen and oxygen atoms in total. The van der Waals surface area contributed by atoms with Gasteiger partial charge in [0.15, 0.2) is 0 Å². The van der Waals surface area contributed by atoms with Crippen LogP contribution in [0.1, 0.15) is 36.2 Å². The lowest BCUT2D eigenvalue weighted by atomic mass is 9.87. The number of benzene rings is 1. The van der Waals surface area contributed by atoms with Gasteiger partial charge in [0.2, 0.25) is 0 Å². The second kappa shape index (κ2) is 5.82. The maximum atomic E-state index is 13.1. The number of carboxylic acid groups (broad SMARTS) is 1. The molecule has 0 fully saturated rings. The van der Waals surface area contributed by atoms with E-state index in [0.717, 1.165) is 6.07 Å². The molecule has 2 N–H and O–H groups in total. The number of carbonyl (C=O) groups excluding carboxylic acids is 1. The van der Waals surface area contributed by atoms with Crippen molar-refractivity contribution in [2.75, 3.05) is 6.54 Å². The Kier molecular flexibility index (Phi) is 4.64. The molecule has 1 aromatic carbocycles. The van der Waals surface area contributed by atoms with Crippen LogP contribution in [0.15, 0.2) is 18.2 Å². The maximum Gasteiger partial charge on any atom is 0.311 e. The van der Waals surface area contributed by atoms with Crippen LogP contribution < -0.4 is 5.32 Å². The van der Waals surface area contributed by atoms with Crippen LogP contribution in [0.2, 0.25) is 0 Å². The third-order valence-corrected chi connectivity index (χ3v) is 3.38. The first-order valence-electron chi connectivity index (χ1n) is 6.08. The number of carbonyl (C=O) groups is 2. The second-order valence-electron chi connectivity index (χ2n) is 4.86. The molecule has 0 aliphatic rings. The van der Waals surface area contributed by atoms with Gasteiger partial charge in [0.1, 0.15) is 5.82 Å². The van der Waals surface area contributed by atoms with Crippen LogP contribution in [0.25, 0.3) is 0 Å². The predicted octanol–water partition coefficient (Wildman–Crippen LogP) is 2.36. The standard InChI is InChI=1S/C14H18FNO3/c1-4-14(3,13(18)19)8-16-12(17)11-7-10(15)6-5-9(11)2/h5-7H,4,8H2,1-3H3,(H,16,17)(H,18,19). The highest BCUT2D eigenvalue weighted by Gasteiger charge is 2.31. The van der Waals surface area contributed by atoms with Crippen molar-refractivity contribution < 1.29 is 19.1 Å². The molecule has 0 aromatic heterocycles. The van der Waals surface area contributed by atoms with Crippen LogP contribution in [0.3, 0.4) is 0 Å². The molecule has 104 valence electrons. The lowest BCUT2D eigenvalue weighted by molar-refractivity contribution is -0.147. The highest BCUT2D eigenvalue weighted by atomic mass is 19.1. The van der Waals surface area contributed by atoms with E-state index >= 15 is 0 Å². The molecule has 1 unspecified atom stereocenters. The van der Waals surface area contributed by atoms with Crippen molar-refractivity contribution in [2.45, 2.75) is 27.2 Å². The first-order chi connectivity index (χ1) is 8.80. The van der Waals surface area contributed by atoms with E-state index in [1.165, 1.54) is 12.1 Å². The summed E-state index contributed by atoms with van der Waals surface area (Å²) in [5.41, 5.74) is -0.145. The normalized spacial score (nSPS) is 13.7. The second-order valence-corrected chi connectivity index (χ2v) is 4.86. The minimum absolute atomic E-state index is 0.00756. The minimum Gasteiger partial charge on any atom is -0.481 e. The minimum atomic E-state index is -1.02.